The van der Waals surface area contributed by atoms with Gasteiger partial charge in [-0.1, -0.05) is 30.3 Å². The van der Waals surface area contributed by atoms with Gasteiger partial charge in [-0.2, -0.15) is 5.10 Å². The molecule has 0 radical (unpaired) electrons. The van der Waals surface area contributed by atoms with E-state index in [9.17, 15) is 23.3 Å². The smallest absolute Gasteiger partial charge is 0.271 e. The van der Waals surface area contributed by atoms with Gasteiger partial charge in [-0.05, 0) is 75.2 Å². The molecule has 0 fully saturated rings. The van der Waals surface area contributed by atoms with E-state index in [1.165, 1.54) is 47.7 Å². The van der Waals surface area contributed by atoms with Crippen LogP contribution in [0.15, 0.2) is 88.9 Å². The number of non-ortho nitro benzene ring substituents is 1. The summed E-state index contributed by atoms with van der Waals surface area (Å²) in [5, 5.41) is 15.4. The van der Waals surface area contributed by atoms with Gasteiger partial charge in [-0.15, -0.1) is 0 Å². The zero-order valence-corrected chi connectivity index (χ0v) is 23.3. The average molecular weight is 560 g/mol. The average Bonchev–Trinajstić information content (AvgIpc) is 3.21. The second-order valence-corrected chi connectivity index (χ2v) is 11.2. The third-order valence-corrected chi connectivity index (χ3v) is 8.35. The molecular formula is C29H29N5O5S. The Morgan fingerprint density at radius 3 is 2.38 bits per heavy atom. The highest BCUT2D eigenvalue weighted by molar-refractivity contribution is 7.92. The van der Waals surface area contributed by atoms with Crippen molar-refractivity contribution in [3.63, 3.8) is 0 Å². The van der Waals surface area contributed by atoms with Crippen molar-refractivity contribution in [3.05, 3.63) is 117 Å². The third-order valence-electron chi connectivity index (χ3n) is 6.56. The van der Waals surface area contributed by atoms with E-state index in [0.717, 1.165) is 33.0 Å². The number of aromatic nitrogens is 1. The number of aryl methyl sites for hydroxylation is 3. The van der Waals surface area contributed by atoms with Crippen LogP contribution in [0.2, 0.25) is 0 Å². The first kappa shape index (κ1) is 28.2. The van der Waals surface area contributed by atoms with Crippen LogP contribution >= 0.6 is 0 Å². The summed E-state index contributed by atoms with van der Waals surface area (Å²) >= 11 is 0. The van der Waals surface area contributed by atoms with Gasteiger partial charge in [0, 0.05) is 34.8 Å². The van der Waals surface area contributed by atoms with Crippen LogP contribution in [0.4, 0.5) is 11.4 Å². The summed E-state index contributed by atoms with van der Waals surface area (Å²) in [6.07, 6.45) is 1.50. The first-order chi connectivity index (χ1) is 19.0. The summed E-state index contributed by atoms with van der Waals surface area (Å²) in [5.74, 6) is -0.717. The molecular weight excluding hydrogens is 530 g/mol. The minimum absolute atomic E-state index is 0.0193. The van der Waals surface area contributed by atoms with E-state index in [1.54, 1.807) is 18.2 Å². The lowest BCUT2D eigenvalue weighted by atomic mass is 10.1. The van der Waals surface area contributed by atoms with Gasteiger partial charge in [-0.25, -0.2) is 13.8 Å². The molecule has 1 N–H and O–H groups in total. The number of amides is 1. The predicted molar refractivity (Wildman–Crippen MR) is 155 cm³/mol. The van der Waals surface area contributed by atoms with Gasteiger partial charge in [-0.3, -0.25) is 19.2 Å². The molecule has 0 unspecified atom stereocenters. The molecule has 40 heavy (non-hydrogen) atoms. The number of benzene rings is 3. The maximum absolute atomic E-state index is 13.4. The lowest BCUT2D eigenvalue weighted by Gasteiger charge is -2.23. The molecule has 11 heteroatoms. The fraction of sp³-hybridized carbons (Fsp3) is 0.172. The van der Waals surface area contributed by atoms with E-state index in [-0.39, 0.29) is 16.3 Å². The number of carbonyl (C=O) groups is 1. The molecule has 0 aliphatic carbocycles. The highest BCUT2D eigenvalue weighted by Gasteiger charge is 2.28. The van der Waals surface area contributed by atoms with Gasteiger partial charge in [0.15, 0.2) is 0 Å². The Bertz CT molecular complexity index is 1710. The largest absolute Gasteiger partial charge is 0.318 e. The molecule has 3 aromatic carbocycles. The van der Waals surface area contributed by atoms with Gasteiger partial charge in [0.1, 0.15) is 6.54 Å². The predicted octanol–water partition coefficient (Wildman–Crippen LogP) is 4.96. The molecule has 0 aliphatic rings. The zero-order chi connectivity index (χ0) is 29.0. The number of hydrazone groups is 1. The van der Waals surface area contributed by atoms with Gasteiger partial charge in [0.2, 0.25) is 0 Å². The number of hydrogen-bond acceptors (Lipinski definition) is 6. The van der Waals surface area contributed by atoms with Crippen LogP contribution in [0, 0.1) is 37.8 Å². The minimum Gasteiger partial charge on any atom is -0.318 e. The Kier molecular flexibility index (Phi) is 8.15. The quantitative estimate of drug-likeness (QED) is 0.176. The maximum atomic E-state index is 13.4. The van der Waals surface area contributed by atoms with Crippen LogP contribution in [0.3, 0.4) is 0 Å². The van der Waals surface area contributed by atoms with Crippen LogP contribution in [-0.2, 0) is 14.8 Å². The van der Waals surface area contributed by atoms with Crippen molar-refractivity contribution in [2.45, 2.75) is 32.6 Å². The molecule has 0 atom stereocenters. The van der Waals surface area contributed by atoms with Gasteiger partial charge in [0.25, 0.3) is 21.6 Å². The molecule has 4 rings (SSSR count). The molecule has 4 aromatic rings. The fourth-order valence-corrected chi connectivity index (χ4v) is 5.75. The van der Waals surface area contributed by atoms with Crippen molar-refractivity contribution in [3.8, 4) is 5.69 Å². The van der Waals surface area contributed by atoms with Crippen molar-refractivity contribution in [1.29, 1.82) is 0 Å². The Morgan fingerprint density at radius 2 is 1.70 bits per heavy atom. The van der Waals surface area contributed by atoms with E-state index >= 15 is 0 Å². The highest BCUT2D eigenvalue weighted by atomic mass is 32.2. The lowest BCUT2D eigenvalue weighted by Crippen LogP contribution is -2.39. The molecule has 0 saturated heterocycles. The number of anilines is 1. The molecule has 0 saturated carbocycles. The molecule has 0 spiro atoms. The number of nitro benzene ring substituents is 1. The molecule has 1 aromatic heterocycles. The Labute approximate surface area is 232 Å². The van der Waals surface area contributed by atoms with E-state index in [4.69, 9.17) is 0 Å². The third kappa shape index (κ3) is 5.94. The van der Waals surface area contributed by atoms with Crippen molar-refractivity contribution >= 4 is 33.5 Å². The molecule has 1 amide bonds. The number of sulfonamides is 1. The Morgan fingerprint density at radius 1 is 0.975 bits per heavy atom. The maximum Gasteiger partial charge on any atom is 0.271 e. The van der Waals surface area contributed by atoms with Crippen molar-refractivity contribution in [2.24, 2.45) is 5.10 Å². The van der Waals surface area contributed by atoms with Crippen LogP contribution in [-0.4, -0.2) is 36.6 Å². The highest BCUT2D eigenvalue weighted by Crippen LogP contribution is 2.27. The molecule has 0 bridgehead atoms. The first-order valence-electron chi connectivity index (χ1n) is 12.4. The van der Waals surface area contributed by atoms with E-state index in [1.807, 2.05) is 26.0 Å². The number of hydrogen-bond donors (Lipinski definition) is 1. The first-order valence-corrected chi connectivity index (χ1v) is 13.8. The van der Waals surface area contributed by atoms with Gasteiger partial charge < -0.3 is 4.57 Å². The Hall–Kier alpha value is -4.77. The van der Waals surface area contributed by atoms with Crippen LogP contribution in [0.1, 0.15) is 28.1 Å². The van der Waals surface area contributed by atoms with Crippen LogP contribution in [0.5, 0.6) is 0 Å². The number of nitro groups is 1. The van der Waals surface area contributed by atoms with Crippen molar-refractivity contribution < 1.29 is 18.1 Å². The summed E-state index contributed by atoms with van der Waals surface area (Å²) in [6, 6.07) is 20.8. The zero-order valence-electron chi connectivity index (χ0n) is 22.5. The van der Waals surface area contributed by atoms with Crippen LogP contribution < -0.4 is 9.73 Å². The normalized spacial score (nSPS) is 11.5. The summed E-state index contributed by atoms with van der Waals surface area (Å²) in [5.41, 5.74) is 8.14. The number of carbonyl (C=O) groups excluding carboxylic acids is 1. The van der Waals surface area contributed by atoms with Crippen molar-refractivity contribution in [1.82, 2.24) is 9.99 Å². The molecule has 10 nitrogen and oxygen atoms in total. The Balaban J connectivity index is 1.58. The SMILES string of the molecule is Cc1ccc(-n2c(C)cc(/C=N\NC(=O)CN(c3cccc([N+](=O)[O-])c3)S(=O)(=O)c3ccccc3)c2C)cc1C. The molecule has 1 heterocycles. The fourth-order valence-electron chi connectivity index (χ4n) is 4.32. The lowest BCUT2D eigenvalue weighted by molar-refractivity contribution is -0.384. The monoisotopic (exact) mass is 559 g/mol. The number of nitrogens with zero attached hydrogens (tertiary/aromatic N) is 4. The number of rotatable bonds is 9. The molecule has 206 valence electrons. The van der Waals surface area contributed by atoms with Gasteiger partial charge in [0.05, 0.1) is 21.7 Å². The topological polar surface area (TPSA) is 127 Å². The molecule has 0 aliphatic heterocycles. The second kappa shape index (κ2) is 11.5. The summed E-state index contributed by atoms with van der Waals surface area (Å²) in [7, 11) is -4.22. The standard InChI is InChI=1S/C29H29N5O5S/c1-20-13-14-26(15-21(20)2)33-22(3)16-24(23(33)4)18-30-31-29(35)19-32(25-9-8-10-27(17-25)34(36)37)40(38,39)28-11-6-5-7-12-28/h5-18H,19H2,1-4H3,(H,31,35)/b30-18-. The summed E-state index contributed by atoms with van der Waals surface area (Å²) in [4.78, 5) is 23.5. The van der Waals surface area contributed by atoms with Crippen LogP contribution in [0.25, 0.3) is 5.69 Å². The minimum atomic E-state index is -4.22. The van der Waals surface area contributed by atoms with E-state index in [2.05, 4.69) is 41.1 Å². The van der Waals surface area contributed by atoms with E-state index in [0.29, 0.717) is 0 Å². The summed E-state index contributed by atoms with van der Waals surface area (Å²) < 4.78 is 29.8. The van der Waals surface area contributed by atoms with Crippen molar-refractivity contribution in [2.75, 3.05) is 10.8 Å². The second-order valence-electron chi connectivity index (χ2n) is 9.33. The van der Waals surface area contributed by atoms with E-state index < -0.39 is 27.4 Å². The number of nitrogens with one attached hydrogen (secondary N) is 1. The van der Waals surface area contributed by atoms with Gasteiger partial charge >= 0.3 is 0 Å². The summed E-state index contributed by atoms with van der Waals surface area (Å²) in [6.45, 7) is 7.39.